The van der Waals surface area contributed by atoms with Gasteiger partial charge in [0.05, 0.1) is 11.0 Å². The monoisotopic (exact) mass is 285 g/mol. The second-order valence-electron chi connectivity index (χ2n) is 6.58. The number of aryl methyl sites for hydroxylation is 1. The molecule has 3 rings (SSSR count). The Morgan fingerprint density at radius 2 is 2.14 bits per heavy atom. The van der Waals surface area contributed by atoms with E-state index in [4.69, 9.17) is 10.7 Å². The van der Waals surface area contributed by atoms with Gasteiger partial charge in [-0.1, -0.05) is 31.9 Å². The van der Waals surface area contributed by atoms with E-state index in [1.807, 2.05) is 0 Å². The first-order chi connectivity index (χ1) is 10.2. The Morgan fingerprint density at radius 3 is 2.86 bits per heavy atom. The number of fused-ring (bicyclic) bond motifs is 1. The van der Waals surface area contributed by atoms with Gasteiger partial charge in [0.25, 0.3) is 0 Å². The average Bonchev–Trinajstić information content (AvgIpc) is 2.86. The first-order valence-electron chi connectivity index (χ1n) is 8.39. The van der Waals surface area contributed by atoms with E-state index in [1.165, 1.54) is 37.0 Å². The lowest BCUT2D eigenvalue weighted by Gasteiger charge is -2.32. The molecule has 1 heterocycles. The van der Waals surface area contributed by atoms with Crippen molar-refractivity contribution in [3.05, 3.63) is 30.1 Å². The molecule has 1 aliphatic rings. The van der Waals surface area contributed by atoms with Gasteiger partial charge < -0.3 is 10.3 Å². The van der Waals surface area contributed by atoms with Crippen molar-refractivity contribution in [2.24, 2.45) is 17.6 Å². The second-order valence-corrected chi connectivity index (χ2v) is 6.58. The fraction of sp³-hybridized carbons (Fsp3) is 0.611. The van der Waals surface area contributed by atoms with Crippen molar-refractivity contribution in [1.29, 1.82) is 0 Å². The van der Waals surface area contributed by atoms with Crippen LogP contribution in [0.2, 0.25) is 0 Å². The number of aromatic nitrogens is 2. The molecule has 1 aromatic carbocycles. The van der Waals surface area contributed by atoms with E-state index in [0.29, 0.717) is 18.4 Å². The van der Waals surface area contributed by atoms with Crippen molar-refractivity contribution in [2.75, 3.05) is 6.54 Å². The van der Waals surface area contributed by atoms with Crippen molar-refractivity contribution < 1.29 is 0 Å². The van der Waals surface area contributed by atoms with Crippen LogP contribution in [0.4, 0.5) is 0 Å². The standard InChI is InChI=1S/C18H27N3/c1-3-21-17-10-5-4-9-16(17)20-18(21)15(12-19)14-8-6-7-13(2)11-14/h4-5,9-10,13-15H,3,6-8,11-12,19H2,1-2H3. The summed E-state index contributed by atoms with van der Waals surface area (Å²) in [4.78, 5) is 4.94. The number of benzene rings is 1. The lowest BCUT2D eigenvalue weighted by molar-refractivity contribution is 0.241. The molecule has 2 N–H and O–H groups in total. The number of nitrogens with two attached hydrogens (primary N) is 1. The number of nitrogens with zero attached hydrogens (tertiary/aromatic N) is 2. The number of hydrogen-bond acceptors (Lipinski definition) is 2. The molecular formula is C18H27N3. The minimum absolute atomic E-state index is 0.403. The van der Waals surface area contributed by atoms with Crippen LogP contribution in [-0.4, -0.2) is 16.1 Å². The molecule has 3 unspecified atom stereocenters. The summed E-state index contributed by atoms with van der Waals surface area (Å²) in [5.41, 5.74) is 8.53. The highest BCUT2D eigenvalue weighted by Gasteiger charge is 2.30. The molecule has 0 amide bonds. The normalized spacial score (nSPS) is 24.3. The Balaban J connectivity index is 2.00. The van der Waals surface area contributed by atoms with E-state index in [1.54, 1.807) is 0 Å². The first-order valence-corrected chi connectivity index (χ1v) is 8.39. The van der Waals surface area contributed by atoms with Crippen molar-refractivity contribution in [3.63, 3.8) is 0 Å². The summed E-state index contributed by atoms with van der Waals surface area (Å²) in [5, 5.41) is 0. The van der Waals surface area contributed by atoms with Gasteiger partial charge in [-0.2, -0.15) is 0 Å². The van der Waals surface area contributed by atoms with Crippen molar-refractivity contribution in [3.8, 4) is 0 Å². The van der Waals surface area contributed by atoms with Crippen LogP contribution in [-0.2, 0) is 6.54 Å². The minimum Gasteiger partial charge on any atom is -0.330 e. The van der Waals surface area contributed by atoms with Gasteiger partial charge in [0.2, 0.25) is 0 Å². The summed E-state index contributed by atoms with van der Waals surface area (Å²) in [6.07, 6.45) is 5.32. The van der Waals surface area contributed by atoms with Crippen LogP contribution in [0, 0.1) is 11.8 Å². The molecule has 1 aromatic heterocycles. The zero-order chi connectivity index (χ0) is 14.8. The summed E-state index contributed by atoms with van der Waals surface area (Å²) in [7, 11) is 0. The summed E-state index contributed by atoms with van der Waals surface area (Å²) in [6, 6.07) is 8.45. The van der Waals surface area contributed by atoms with Crippen LogP contribution < -0.4 is 5.73 Å². The Kier molecular flexibility index (Phi) is 4.29. The second kappa shape index (κ2) is 6.18. The highest BCUT2D eigenvalue weighted by Crippen LogP contribution is 2.38. The first kappa shape index (κ1) is 14.6. The molecule has 3 heteroatoms. The zero-order valence-corrected chi connectivity index (χ0v) is 13.3. The Hall–Kier alpha value is -1.35. The van der Waals surface area contributed by atoms with Gasteiger partial charge in [-0.3, -0.25) is 0 Å². The highest BCUT2D eigenvalue weighted by molar-refractivity contribution is 5.76. The molecule has 1 aliphatic carbocycles. The quantitative estimate of drug-likeness (QED) is 0.925. The Morgan fingerprint density at radius 1 is 1.33 bits per heavy atom. The molecule has 114 valence electrons. The topological polar surface area (TPSA) is 43.8 Å². The predicted molar refractivity (Wildman–Crippen MR) is 88.3 cm³/mol. The zero-order valence-electron chi connectivity index (χ0n) is 13.3. The van der Waals surface area contributed by atoms with Gasteiger partial charge in [-0.25, -0.2) is 4.98 Å². The summed E-state index contributed by atoms with van der Waals surface area (Å²) in [5.74, 6) is 3.14. The molecular weight excluding hydrogens is 258 g/mol. The molecule has 1 fully saturated rings. The van der Waals surface area contributed by atoms with Gasteiger partial charge in [0, 0.05) is 19.0 Å². The molecule has 3 nitrogen and oxygen atoms in total. The molecule has 0 aliphatic heterocycles. The average molecular weight is 285 g/mol. The Labute approximate surface area is 127 Å². The van der Waals surface area contributed by atoms with Crippen molar-refractivity contribution in [2.45, 2.75) is 52.0 Å². The molecule has 0 saturated heterocycles. The molecule has 0 bridgehead atoms. The summed E-state index contributed by atoms with van der Waals surface area (Å²) in [6.45, 7) is 6.26. The van der Waals surface area contributed by atoms with Crippen molar-refractivity contribution >= 4 is 11.0 Å². The van der Waals surface area contributed by atoms with Gasteiger partial charge in [0.1, 0.15) is 5.82 Å². The van der Waals surface area contributed by atoms with Crippen LogP contribution in [0.1, 0.15) is 51.3 Å². The number of imidazole rings is 1. The number of rotatable bonds is 4. The van der Waals surface area contributed by atoms with Crippen LogP contribution in [0.5, 0.6) is 0 Å². The smallest absolute Gasteiger partial charge is 0.114 e. The van der Waals surface area contributed by atoms with Crippen molar-refractivity contribution in [1.82, 2.24) is 9.55 Å². The summed E-state index contributed by atoms with van der Waals surface area (Å²) >= 11 is 0. The van der Waals surface area contributed by atoms with E-state index in [9.17, 15) is 0 Å². The SMILES string of the molecule is CCn1c(C(CN)C2CCCC(C)C2)nc2ccccc21. The van der Waals surface area contributed by atoms with E-state index >= 15 is 0 Å². The molecule has 1 saturated carbocycles. The maximum atomic E-state index is 6.17. The van der Waals surface area contributed by atoms with Gasteiger partial charge in [-0.15, -0.1) is 0 Å². The van der Waals surface area contributed by atoms with Gasteiger partial charge in [0.15, 0.2) is 0 Å². The van der Waals surface area contributed by atoms with Crippen LogP contribution >= 0.6 is 0 Å². The van der Waals surface area contributed by atoms with E-state index < -0.39 is 0 Å². The predicted octanol–water partition coefficient (Wildman–Crippen LogP) is 3.92. The largest absolute Gasteiger partial charge is 0.330 e. The van der Waals surface area contributed by atoms with E-state index in [2.05, 4.69) is 42.7 Å². The highest BCUT2D eigenvalue weighted by atomic mass is 15.1. The molecule has 2 aromatic rings. The maximum absolute atomic E-state index is 6.17. The van der Waals surface area contributed by atoms with Gasteiger partial charge in [-0.05, 0) is 43.7 Å². The molecule has 3 atom stereocenters. The number of para-hydroxylation sites is 2. The fourth-order valence-corrected chi connectivity index (χ4v) is 4.06. The lowest BCUT2D eigenvalue weighted by Crippen LogP contribution is -2.28. The van der Waals surface area contributed by atoms with Gasteiger partial charge >= 0.3 is 0 Å². The molecule has 21 heavy (non-hydrogen) atoms. The van der Waals surface area contributed by atoms with E-state index in [0.717, 1.165) is 18.0 Å². The maximum Gasteiger partial charge on any atom is 0.114 e. The van der Waals surface area contributed by atoms with Crippen LogP contribution in [0.3, 0.4) is 0 Å². The minimum atomic E-state index is 0.403. The fourth-order valence-electron chi connectivity index (χ4n) is 4.06. The third-order valence-corrected chi connectivity index (χ3v) is 5.13. The number of hydrogen-bond donors (Lipinski definition) is 1. The van der Waals surface area contributed by atoms with E-state index in [-0.39, 0.29) is 0 Å². The lowest BCUT2D eigenvalue weighted by atomic mass is 9.75. The summed E-state index contributed by atoms with van der Waals surface area (Å²) < 4.78 is 2.37. The van der Waals surface area contributed by atoms with Crippen LogP contribution in [0.25, 0.3) is 11.0 Å². The third kappa shape index (κ3) is 2.71. The van der Waals surface area contributed by atoms with Crippen LogP contribution in [0.15, 0.2) is 24.3 Å². The molecule has 0 spiro atoms. The Bertz CT molecular complexity index is 602. The third-order valence-electron chi connectivity index (χ3n) is 5.13. The molecule has 0 radical (unpaired) electrons.